The maximum absolute atomic E-state index is 5.69. The van der Waals surface area contributed by atoms with Crippen molar-refractivity contribution in [2.75, 3.05) is 0 Å². The van der Waals surface area contributed by atoms with Gasteiger partial charge in [0.25, 0.3) is 0 Å². The van der Waals surface area contributed by atoms with Gasteiger partial charge in [0.2, 0.25) is 0 Å². The minimum Gasteiger partial charge on any atom is -0.326 e. The molecular formula is C12H19N3. The summed E-state index contributed by atoms with van der Waals surface area (Å²) in [6, 6.07) is 0.669. The fourth-order valence-corrected chi connectivity index (χ4v) is 3.42. The van der Waals surface area contributed by atoms with Crippen LogP contribution >= 0.6 is 0 Å². The van der Waals surface area contributed by atoms with Crippen molar-refractivity contribution in [3.05, 3.63) is 17.5 Å². The third-order valence-corrected chi connectivity index (χ3v) is 4.28. The highest BCUT2D eigenvalue weighted by atomic mass is 15.3. The van der Waals surface area contributed by atoms with E-state index in [0.29, 0.717) is 12.6 Å². The zero-order valence-electron chi connectivity index (χ0n) is 9.32. The number of aromatic nitrogens is 2. The number of nitrogens with two attached hydrogens (primary N) is 1. The Balaban J connectivity index is 1.87. The molecule has 1 aromatic heterocycles. The van der Waals surface area contributed by atoms with Crippen molar-refractivity contribution < 1.29 is 0 Å². The zero-order chi connectivity index (χ0) is 10.4. The summed E-state index contributed by atoms with van der Waals surface area (Å²) in [7, 11) is 0. The number of hydrogen-bond acceptors (Lipinski definition) is 2. The highest BCUT2D eigenvalue weighted by molar-refractivity contribution is 5.15. The first-order chi connectivity index (χ1) is 7.28. The van der Waals surface area contributed by atoms with Gasteiger partial charge >= 0.3 is 0 Å². The predicted molar refractivity (Wildman–Crippen MR) is 59.3 cm³/mol. The quantitative estimate of drug-likeness (QED) is 0.802. The Morgan fingerprint density at radius 3 is 2.87 bits per heavy atom. The number of rotatable bonds is 2. The fraction of sp³-hybridized carbons (Fsp3) is 0.750. The van der Waals surface area contributed by atoms with Crippen LogP contribution in [0.15, 0.2) is 6.20 Å². The molecule has 0 aromatic carbocycles. The third-order valence-electron chi connectivity index (χ3n) is 4.28. The first-order valence-corrected chi connectivity index (χ1v) is 6.02. The molecule has 82 valence electrons. The van der Waals surface area contributed by atoms with Gasteiger partial charge < -0.3 is 5.73 Å². The minimum absolute atomic E-state index is 0.618. The Morgan fingerprint density at radius 2 is 2.33 bits per heavy atom. The van der Waals surface area contributed by atoms with Gasteiger partial charge in [0.05, 0.1) is 11.7 Å². The largest absolute Gasteiger partial charge is 0.326 e. The Bertz CT molecular complexity index is 369. The fourth-order valence-electron chi connectivity index (χ4n) is 3.42. The van der Waals surface area contributed by atoms with E-state index in [1.165, 1.54) is 31.2 Å². The second kappa shape index (κ2) is 3.34. The Hall–Kier alpha value is -0.830. The molecule has 15 heavy (non-hydrogen) atoms. The van der Waals surface area contributed by atoms with Crippen LogP contribution in [-0.4, -0.2) is 9.78 Å². The molecule has 0 aliphatic heterocycles. The molecule has 1 aromatic rings. The van der Waals surface area contributed by atoms with Crippen molar-refractivity contribution >= 4 is 0 Å². The van der Waals surface area contributed by atoms with E-state index in [0.717, 1.165) is 17.5 Å². The average molecular weight is 205 g/mol. The predicted octanol–water partition coefficient (Wildman–Crippen LogP) is 2.01. The molecule has 0 saturated heterocycles. The molecular weight excluding hydrogens is 186 g/mol. The maximum atomic E-state index is 5.69. The Labute approximate surface area is 90.7 Å². The minimum atomic E-state index is 0.618. The maximum Gasteiger partial charge on any atom is 0.0638 e. The molecule has 2 aliphatic carbocycles. The summed E-state index contributed by atoms with van der Waals surface area (Å²) in [4.78, 5) is 0. The van der Waals surface area contributed by atoms with Gasteiger partial charge in [-0.15, -0.1) is 0 Å². The van der Waals surface area contributed by atoms with Crippen LogP contribution in [0.25, 0.3) is 0 Å². The number of nitrogens with zero attached hydrogens (tertiary/aromatic N) is 2. The van der Waals surface area contributed by atoms with Crippen LogP contribution < -0.4 is 5.73 Å². The topological polar surface area (TPSA) is 43.8 Å². The molecule has 3 heteroatoms. The molecule has 2 N–H and O–H groups in total. The average Bonchev–Trinajstić information content (AvgIpc) is 2.90. The van der Waals surface area contributed by atoms with Gasteiger partial charge in [0.15, 0.2) is 0 Å². The smallest absolute Gasteiger partial charge is 0.0638 e. The van der Waals surface area contributed by atoms with Crippen LogP contribution in [0.4, 0.5) is 0 Å². The zero-order valence-corrected chi connectivity index (χ0v) is 9.32. The lowest BCUT2D eigenvalue weighted by Gasteiger charge is -2.21. The van der Waals surface area contributed by atoms with E-state index in [1.54, 1.807) is 0 Å². The summed E-state index contributed by atoms with van der Waals surface area (Å²) in [6.45, 7) is 2.68. The summed E-state index contributed by atoms with van der Waals surface area (Å²) in [5.74, 6) is 1.87. The normalized spacial score (nSPS) is 33.9. The van der Waals surface area contributed by atoms with E-state index in [-0.39, 0.29) is 0 Å². The van der Waals surface area contributed by atoms with Gasteiger partial charge in [-0.3, -0.25) is 4.68 Å². The first kappa shape index (κ1) is 9.40. The first-order valence-electron chi connectivity index (χ1n) is 6.02. The van der Waals surface area contributed by atoms with Crippen LogP contribution in [0.3, 0.4) is 0 Å². The molecule has 2 bridgehead atoms. The molecule has 0 amide bonds. The van der Waals surface area contributed by atoms with Gasteiger partial charge in [0.1, 0.15) is 0 Å². The molecule has 1 heterocycles. The highest BCUT2D eigenvalue weighted by Gasteiger charge is 2.40. The summed E-state index contributed by atoms with van der Waals surface area (Å²) < 4.78 is 2.20. The summed E-state index contributed by atoms with van der Waals surface area (Å²) in [6.07, 6.45) is 7.80. The van der Waals surface area contributed by atoms with Crippen molar-refractivity contribution in [3.63, 3.8) is 0 Å². The second-order valence-corrected chi connectivity index (χ2v) is 5.17. The number of aryl methyl sites for hydroxylation is 1. The molecule has 2 fully saturated rings. The molecule has 3 unspecified atom stereocenters. The Morgan fingerprint density at radius 1 is 1.47 bits per heavy atom. The summed E-state index contributed by atoms with van der Waals surface area (Å²) in [5.41, 5.74) is 8.00. The van der Waals surface area contributed by atoms with Crippen molar-refractivity contribution in [3.8, 4) is 0 Å². The van der Waals surface area contributed by atoms with Crippen molar-refractivity contribution in [2.45, 2.75) is 45.2 Å². The van der Waals surface area contributed by atoms with Gasteiger partial charge in [-0.05, 0) is 38.0 Å². The molecule has 0 spiro atoms. The van der Waals surface area contributed by atoms with E-state index >= 15 is 0 Å². The van der Waals surface area contributed by atoms with Crippen LogP contribution in [-0.2, 0) is 6.54 Å². The molecule has 2 saturated carbocycles. The monoisotopic (exact) mass is 205 g/mol. The van der Waals surface area contributed by atoms with E-state index in [4.69, 9.17) is 5.73 Å². The highest BCUT2D eigenvalue weighted by Crippen LogP contribution is 2.50. The standard InChI is InChI=1S/C12H19N3/c1-8-11(6-13)7-15(14-8)12-5-9-2-3-10(12)4-9/h7,9-10,12H,2-6,13H2,1H3. The second-order valence-electron chi connectivity index (χ2n) is 5.17. The molecule has 3 rings (SSSR count). The number of hydrogen-bond donors (Lipinski definition) is 1. The van der Waals surface area contributed by atoms with E-state index in [1.807, 2.05) is 0 Å². The molecule has 3 nitrogen and oxygen atoms in total. The van der Waals surface area contributed by atoms with E-state index in [9.17, 15) is 0 Å². The van der Waals surface area contributed by atoms with E-state index < -0.39 is 0 Å². The Kier molecular flexibility index (Phi) is 2.09. The van der Waals surface area contributed by atoms with Gasteiger partial charge in [-0.25, -0.2) is 0 Å². The lowest BCUT2D eigenvalue weighted by atomic mass is 9.96. The molecule has 0 radical (unpaired) electrons. The SMILES string of the molecule is Cc1nn(C2CC3CCC2C3)cc1CN. The van der Waals surface area contributed by atoms with E-state index in [2.05, 4.69) is 22.9 Å². The lowest BCUT2D eigenvalue weighted by Crippen LogP contribution is -2.16. The lowest BCUT2D eigenvalue weighted by molar-refractivity contribution is 0.306. The van der Waals surface area contributed by atoms with Gasteiger partial charge in [-0.1, -0.05) is 6.42 Å². The third kappa shape index (κ3) is 1.41. The van der Waals surface area contributed by atoms with Crippen LogP contribution in [0.1, 0.15) is 43.0 Å². The van der Waals surface area contributed by atoms with Crippen molar-refractivity contribution in [1.82, 2.24) is 9.78 Å². The van der Waals surface area contributed by atoms with Crippen molar-refractivity contribution in [1.29, 1.82) is 0 Å². The summed E-state index contributed by atoms with van der Waals surface area (Å²) in [5, 5.41) is 4.62. The summed E-state index contributed by atoms with van der Waals surface area (Å²) >= 11 is 0. The molecule has 3 atom stereocenters. The van der Waals surface area contributed by atoms with Crippen LogP contribution in [0.5, 0.6) is 0 Å². The number of fused-ring (bicyclic) bond motifs is 2. The van der Waals surface area contributed by atoms with Gasteiger partial charge in [0, 0.05) is 18.3 Å². The van der Waals surface area contributed by atoms with Gasteiger partial charge in [-0.2, -0.15) is 5.10 Å². The molecule has 2 aliphatic rings. The van der Waals surface area contributed by atoms with Crippen molar-refractivity contribution in [2.24, 2.45) is 17.6 Å². The van der Waals surface area contributed by atoms with Crippen LogP contribution in [0.2, 0.25) is 0 Å². The van der Waals surface area contributed by atoms with Crippen LogP contribution in [0, 0.1) is 18.8 Å².